The van der Waals surface area contributed by atoms with Crippen LogP contribution >= 0.6 is 12.6 Å². The van der Waals surface area contributed by atoms with Crippen LogP contribution in [0.15, 0.2) is 24.3 Å². The van der Waals surface area contributed by atoms with Gasteiger partial charge >= 0.3 is 0 Å². The molecule has 12 heavy (non-hydrogen) atoms. The Labute approximate surface area is 81.2 Å². The monoisotopic (exact) mass is 182 g/mol. The van der Waals surface area contributed by atoms with E-state index in [1.54, 1.807) is 0 Å². The van der Waals surface area contributed by atoms with Crippen molar-refractivity contribution in [2.45, 2.75) is 32.9 Å². The molecule has 1 rings (SSSR count). The van der Waals surface area contributed by atoms with Crippen molar-refractivity contribution >= 4 is 12.6 Å². The smallest absolute Gasteiger partial charge is 0.0293 e. The topological polar surface area (TPSA) is 0 Å². The molecule has 0 amide bonds. The third-order valence-electron chi connectivity index (χ3n) is 3.08. The number of hydrogen-bond acceptors (Lipinski definition) is 1. The van der Waals surface area contributed by atoms with Gasteiger partial charge in [-0.3, -0.25) is 0 Å². The van der Waals surface area contributed by atoms with Gasteiger partial charge in [0.2, 0.25) is 0 Å². The molecule has 0 aromatic heterocycles. The summed E-state index contributed by atoms with van der Waals surface area (Å²) in [6.07, 6.45) is 8.63. The average molecular weight is 182 g/mol. The second-order valence-corrected chi connectivity index (χ2v) is 5.28. The Bertz CT molecular complexity index is 220. The van der Waals surface area contributed by atoms with Gasteiger partial charge in [0.15, 0.2) is 0 Å². The first kappa shape index (κ1) is 9.91. The normalized spacial score (nSPS) is 35.6. The molecule has 0 heterocycles. The average Bonchev–Trinajstić information content (AvgIpc) is 1.93. The zero-order chi connectivity index (χ0) is 9.41. The van der Waals surface area contributed by atoms with E-state index in [0.717, 1.165) is 0 Å². The Hall–Kier alpha value is -0.170. The van der Waals surface area contributed by atoms with Gasteiger partial charge in [-0.05, 0) is 5.41 Å². The summed E-state index contributed by atoms with van der Waals surface area (Å²) in [6.45, 7) is 9.06. The Morgan fingerprint density at radius 3 is 2.17 bits per heavy atom. The van der Waals surface area contributed by atoms with E-state index in [0.29, 0.717) is 5.25 Å². The molecule has 1 heteroatoms. The van der Waals surface area contributed by atoms with E-state index in [4.69, 9.17) is 0 Å². The van der Waals surface area contributed by atoms with E-state index in [9.17, 15) is 0 Å². The van der Waals surface area contributed by atoms with Crippen LogP contribution in [0.2, 0.25) is 0 Å². The van der Waals surface area contributed by atoms with Crippen molar-refractivity contribution in [3.63, 3.8) is 0 Å². The summed E-state index contributed by atoms with van der Waals surface area (Å²) in [5.41, 5.74) is 0.436. The lowest BCUT2D eigenvalue weighted by molar-refractivity contribution is 0.177. The van der Waals surface area contributed by atoms with Gasteiger partial charge in [0.05, 0.1) is 0 Å². The van der Waals surface area contributed by atoms with E-state index < -0.39 is 0 Å². The molecule has 0 saturated carbocycles. The summed E-state index contributed by atoms with van der Waals surface area (Å²) in [6, 6.07) is 0. The summed E-state index contributed by atoms with van der Waals surface area (Å²) in [5.74, 6) is 0. The lowest BCUT2D eigenvalue weighted by Gasteiger charge is -2.44. The summed E-state index contributed by atoms with van der Waals surface area (Å²) >= 11 is 4.60. The van der Waals surface area contributed by atoms with E-state index in [1.165, 1.54) is 0 Å². The Balaban J connectivity index is 2.99. The molecule has 0 radical (unpaired) electrons. The van der Waals surface area contributed by atoms with Crippen LogP contribution in [0.4, 0.5) is 0 Å². The number of allylic oxidation sites excluding steroid dienone is 3. The molecule has 68 valence electrons. The molecule has 1 aliphatic rings. The van der Waals surface area contributed by atoms with E-state index in [1.807, 2.05) is 0 Å². The van der Waals surface area contributed by atoms with Crippen LogP contribution in [0.25, 0.3) is 0 Å². The van der Waals surface area contributed by atoms with Crippen LogP contribution < -0.4 is 0 Å². The molecular formula is C11H18S. The number of hydrogen-bond donors (Lipinski definition) is 1. The Kier molecular flexibility index (Phi) is 2.44. The highest BCUT2D eigenvalue weighted by Gasteiger charge is 2.40. The predicted molar refractivity (Wildman–Crippen MR) is 58.6 cm³/mol. The SMILES string of the molecule is CC(C)(C)C1(C)C=CC=CC1S. The fourth-order valence-corrected chi connectivity index (χ4v) is 1.99. The first-order valence-electron chi connectivity index (χ1n) is 4.42. The minimum Gasteiger partial charge on any atom is -0.171 e. The van der Waals surface area contributed by atoms with Crippen molar-refractivity contribution in [3.05, 3.63) is 24.3 Å². The fourth-order valence-electron chi connectivity index (χ4n) is 1.42. The molecule has 0 bridgehead atoms. The predicted octanol–water partition coefficient (Wildman–Crippen LogP) is 3.46. The van der Waals surface area contributed by atoms with Crippen molar-refractivity contribution in [2.75, 3.05) is 0 Å². The number of thiol groups is 1. The summed E-state index contributed by atoms with van der Waals surface area (Å²) in [5, 5.41) is 0.336. The first-order valence-corrected chi connectivity index (χ1v) is 4.94. The lowest BCUT2D eigenvalue weighted by atomic mass is 9.64. The minimum absolute atomic E-state index is 0.171. The third-order valence-corrected chi connectivity index (χ3v) is 3.79. The molecule has 0 aromatic carbocycles. The van der Waals surface area contributed by atoms with Gasteiger partial charge in [-0.2, -0.15) is 12.6 Å². The van der Waals surface area contributed by atoms with Crippen LogP contribution in [0.1, 0.15) is 27.7 Å². The van der Waals surface area contributed by atoms with E-state index in [2.05, 4.69) is 64.6 Å². The maximum Gasteiger partial charge on any atom is 0.0293 e. The van der Waals surface area contributed by atoms with Gasteiger partial charge in [-0.25, -0.2) is 0 Å². The van der Waals surface area contributed by atoms with Gasteiger partial charge in [0, 0.05) is 10.7 Å². The van der Waals surface area contributed by atoms with Crippen LogP contribution in [-0.2, 0) is 0 Å². The molecule has 0 nitrogen and oxygen atoms in total. The highest BCUT2D eigenvalue weighted by atomic mass is 32.1. The molecule has 2 unspecified atom stereocenters. The van der Waals surface area contributed by atoms with Gasteiger partial charge in [0.1, 0.15) is 0 Å². The van der Waals surface area contributed by atoms with Crippen LogP contribution in [-0.4, -0.2) is 5.25 Å². The van der Waals surface area contributed by atoms with Crippen LogP contribution in [0.5, 0.6) is 0 Å². The molecule has 1 aliphatic carbocycles. The Morgan fingerprint density at radius 1 is 1.25 bits per heavy atom. The van der Waals surface area contributed by atoms with Crippen molar-refractivity contribution < 1.29 is 0 Å². The fraction of sp³-hybridized carbons (Fsp3) is 0.636. The molecule has 0 N–H and O–H groups in total. The minimum atomic E-state index is 0.171. The summed E-state index contributed by atoms with van der Waals surface area (Å²) < 4.78 is 0. The molecule has 2 atom stereocenters. The molecule has 0 aromatic rings. The van der Waals surface area contributed by atoms with E-state index >= 15 is 0 Å². The van der Waals surface area contributed by atoms with E-state index in [-0.39, 0.29) is 10.8 Å². The van der Waals surface area contributed by atoms with Crippen molar-refractivity contribution in [2.24, 2.45) is 10.8 Å². The Morgan fingerprint density at radius 2 is 1.83 bits per heavy atom. The molecule has 0 saturated heterocycles. The quantitative estimate of drug-likeness (QED) is 0.545. The molecular weight excluding hydrogens is 164 g/mol. The second kappa shape index (κ2) is 2.95. The zero-order valence-electron chi connectivity index (χ0n) is 8.33. The van der Waals surface area contributed by atoms with Gasteiger partial charge in [-0.1, -0.05) is 52.0 Å². The lowest BCUT2D eigenvalue weighted by Crippen LogP contribution is -2.39. The van der Waals surface area contributed by atoms with Gasteiger partial charge in [-0.15, -0.1) is 0 Å². The maximum absolute atomic E-state index is 4.60. The highest BCUT2D eigenvalue weighted by Crippen LogP contribution is 2.46. The van der Waals surface area contributed by atoms with Crippen molar-refractivity contribution in [3.8, 4) is 0 Å². The maximum atomic E-state index is 4.60. The zero-order valence-corrected chi connectivity index (χ0v) is 9.23. The van der Waals surface area contributed by atoms with Crippen molar-refractivity contribution in [1.29, 1.82) is 0 Å². The highest BCUT2D eigenvalue weighted by molar-refractivity contribution is 7.81. The van der Waals surface area contributed by atoms with Gasteiger partial charge < -0.3 is 0 Å². The molecule has 0 aliphatic heterocycles. The van der Waals surface area contributed by atoms with Crippen molar-refractivity contribution in [1.82, 2.24) is 0 Å². The largest absolute Gasteiger partial charge is 0.171 e. The third kappa shape index (κ3) is 1.47. The molecule has 0 fully saturated rings. The summed E-state index contributed by atoms with van der Waals surface area (Å²) in [4.78, 5) is 0. The molecule has 0 spiro atoms. The van der Waals surface area contributed by atoms with Crippen LogP contribution in [0.3, 0.4) is 0 Å². The first-order chi connectivity index (χ1) is 5.38. The number of rotatable bonds is 0. The second-order valence-electron chi connectivity index (χ2n) is 4.72. The standard InChI is InChI=1S/C11H18S/c1-10(2,3)11(4)8-6-5-7-9(11)12/h5-9,12H,1-4H3. The summed E-state index contributed by atoms with van der Waals surface area (Å²) in [7, 11) is 0. The van der Waals surface area contributed by atoms with Gasteiger partial charge in [0.25, 0.3) is 0 Å². The van der Waals surface area contributed by atoms with Crippen LogP contribution in [0, 0.1) is 10.8 Å².